The molecule has 0 aliphatic carbocycles. The highest BCUT2D eigenvalue weighted by Gasteiger charge is 2.33. The van der Waals surface area contributed by atoms with E-state index >= 15 is 0 Å². The van der Waals surface area contributed by atoms with E-state index in [0.29, 0.717) is 0 Å². The van der Waals surface area contributed by atoms with E-state index in [0.717, 1.165) is 6.54 Å². The third-order valence-corrected chi connectivity index (χ3v) is 3.70. The lowest BCUT2D eigenvalue weighted by Crippen LogP contribution is -2.26. The fourth-order valence-corrected chi connectivity index (χ4v) is 2.40. The summed E-state index contributed by atoms with van der Waals surface area (Å²) >= 11 is 0. The number of carbonyl (C=O) groups is 1. The molecular formula is C15H22N2O. The number of urea groups is 1. The largest absolute Gasteiger partial charge is 0.325 e. The molecule has 0 spiro atoms. The highest BCUT2D eigenvalue weighted by atomic mass is 16.2. The second kappa shape index (κ2) is 4.30. The zero-order valence-corrected chi connectivity index (χ0v) is 11.9. The van der Waals surface area contributed by atoms with Gasteiger partial charge in [0.1, 0.15) is 0 Å². The van der Waals surface area contributed by atoms with Crippen LogP contribution >= 0.6 is 0 Å². The SMILES string of the molecule is CN1CC(c2ccc(C(C)(C)C)cc2)N(C)C1=O. The Balaban J connectivity index is 2.23. The summed E-state index contributed by atoms with van der Waals surface area (Å²) in [4.78, 5) is 15.3. The molecule has 1 saturated heterocycles. The van der Waals surface area contributed by atoms with Crippen LogP contribution in [0.1, 0.15) is 37.9 Å². The van der Waals surface area contributed by atoms with Crippen LogP contribution in [0.25, 0.3) is 0 Å². The van der Waals surface area contributed by atoms with Gasteiger partial charge in [-0.05, 0) is 16.5 Å². The number of amides is 2. The van der Waals surface area contributed by atoms with Crippen molar-refractivity contribution in [2.45, 2.75) is 32.2 Å². The maximum atomic E-state index is 11.8. The lowest BCUT2D eigenvalue weighted by Gasteiger charge is -2.22. The quantitative estimate of drug-likeness (QED) is 0.747. The van der Waals surface area contributed by atoms with Crippen LogP contribution < -0.4 is 0 Å². The minimum Gasteiger partial charge on any atom is -0.325 e. The van der Waals surface area contributed by atoms with E-state index in [9.17, 15) is 4.79 Å². The van der Waals surface area contributed by atoms with Gasteiger partial charge in [-0.3, -0.25) is 0 Å². The van der Waals surface area contributed by atoms with Gasteiger partial charge in [-0.2, -0.15) is 0 Å². The van der Waals surface area contributed by atoms with Crippen molar-refractivity contribution in [1.29, 1.82) is 0 Å². The van der Waals surface area contributed by atoms with Crippen molar-refractivity contribution >= 4 is 6.03 Å². The Kier molecular flexibility index (Phi) is 3.09. The second-order valence-corrected chi connectivity index (χ2v) is 6.16. The normalized spacial score (nSPS) is 20.7. The summed E-state index contributed by atoms with van der Waals surface area (Å²) in [5, 5.41) is 0. The van der Waals surface area contributed by atoms with Gasteiger partial charge in [0.05, 0.1) is 6.04 Å². The number of benzene rings is 1. The Hall–Kier alpha value is -1.51. The highest BCUT2D eigenvalue weighted by Crippen LogP contribution is 2.29. The van der Waals surface area contributed by atoms with E-state index < -0.39 is 0 Å². The number of nitrogens with zero attached hydrogens (tertiary/aromatic N) is 2. The number of rotatable bonds is 1. The van der Waals surface area contributed by atoms with E-state index in [1.54, 1.807) is 4.90 Å². The summed E-state index contributed by atoms with van der Waals surface area (Å²) in [7, 11) is 3.72. The van der Waals surface area contributed by atoms with E-state index in [1.807, 2.05) is 19.0 Å². The van der Waals surface area contributed by atoms with Crippen molar-refractivity contribution in [3.05, 3.63) is 35.4 Å². The summed E-state index contributed by atoms with van der Waals surface area (Å²) in [6.45, 7) is 7.40. The standard InChI is InChI=1S/C15H22N2O/c1-15(2,3)12-8-6-11(7-9-12)13-10-16(4)14(18)17(13)5/h6-9,13H,10H2,1-5H3. The van der Waals surface area contributed by atoms with E-state index in [2.05, 4.69) is 45.0 Å². The van der Waals surface area contributed by atoms with Gasteiger partial charge in [0.25, 0.3) is 0 Å². The van der Waals surface area contributed by atoms with Crippen molar-refractivity contribution in [2.24, 2.45) is 0 Å². The van der Waals surface area contributed by atoms with Crippen LogP contribution in [-0.2, 0) is 5.41 Å². The summed E-state index contributed by atoms with van der Waals surface area (Å²) < 4.78 is 0. The molecule has 1 aliphatic heterocycles. The molecule has 1 aliphatic rings. The summed E-state index contributed by atoms with van der Waals surface area (Å²) in [5.74, 6) is 0. The molecule has 98 valence electrons. The van der Waals surface area contributed by atoms with Crippen LogP contribution in [-0.4, -0.2) is 36.5 Å². The Bertz CT molecular complexity index is 445. The number of carbonyl (C=O) groups excluding carboxylic acids is 1. The predicted octanol–water partition coefficient (Wildman–Crippen LogP) is 3.02. The fourth-order valence-electron chi connectivity index (χ4n) is 2.40. The molecule has 3 heteroatoms. The summed E-state index contributed by atoms with van der Waals surface area (Å²) in [6, 6.07) is 8.91. The summed E-state index contributed by atoms with van der Waals surface area (Å²) in [6.07, 6.45) is 0. The van der Waals surface area contributed by atoms with Gasteiger partial charge < -0.3 is 9.80 Å². The van der Waals surface area contributed by atoms with Crippen molar-refractivity contribution < 1.29 is 4.79 Å². The van der Waals surface area contributed by atoms with Gasteiger partial charge in [-0.25, -0.2) is 4.79 Å². The number of hydrogen-bond donors (Lipinski definition) is 0. The van der Waals surface area contributed by atoms with Crippen LogP contribution in [0.4, 0.5) is 4.79 Å². The van der Waals surface area contributed by atoms with Crippen molar-refractivity contribution in [3.8, 4) is 0 Å². The van der Waals surface area contributed by atoms with Crippen molar-refractivity contribution in [3.63, 3.8) is 0 Å². The molecule has 1 fully saturated rings. The average molecular weight is 246 g/mol. The maximum Gasteiger partial charge on any atom is 0.320 e. The molecule has 1 heterocycles. The Morgan fingerprint density at radius 2 is 1.67 bits per heavy atom. The lowest BCUT2D eigenvalue weighted by molar-refractivity contribution is 0.201. The molecule has 0 N–H and O–H groups in total. The molecular weight excluding hydrogens is 224 g/mol. The van der Waals surface area contributed by atoms with Gasteiger partial charge in [0, 0.05) is 20.6 Å². The smallest absolute Gasteiger partial charge is 0.320 e. The second-order valence-electron chi connectivity index (χ2n) is 6.16. The predicted molar refractivity (Wildman–Crippen MR) is 73.7 cm³/mol. The highest BCUT2D eigenvalue weighted by molar-refractivity contribution is 5.76. The first-order valence-corrected chi connectivity index (χ1v) is 6.39. The molecule has 3 nitrogen and oxygen atoms in total. The minimum absolute atomic E-state index is 0.0971. The molecule has 1 aromatic rings. The van der Waals surface area contributed by atoms with Crippen LogP contribution in [0, 0.1) is 0 Å². The van der Waals surface area contributed by atoms with Crippen LogP contribution in [0.2, 0.25) is 0 Å². The minimum atomic E-state index is 0.0971. The monoisotopic (exact) mass is 246 g/mol. The zero-order chi connectivity index (χ0) is 13.5. The zero-order valence-electron chi connectivity index (χ0n) is 11.9. The van der Waals surface area contributed by atoms with E-state index in [-0.39, 0.29) is 17.5 Å². The average Bonchev–Trinajstić information content (AvgIpc) is 2.56. The molecule has 2 rings (SSSR count). The Morgan fingerprint density at radius 1 is 1.11 bits per heavy atom. The van der Waals surface area contributed by atoms with Gasteiger partial charge >= 0.3 is 6.03 Å². The first kappa shape index (κ1) is 12.9. The third kappa shape index (κ3) is 2.22. The first-order chi connectivity index (χ1) is 8.30. The topological polar surface area (TPSA) is 23.6 Å². The van der Waals surface area contributed by atoms with Gasteiger partial charge in [-0.1, -0.05) is 45.0 Å². The third-order valence-electron chi connectivity index (χ3n) is 3.70. The maximum absolute atomic E-state index is 11.8. The molecule has 2 amide bonds. The molecule has 0 aromatic heterocycles. The van der Waals surface area contributed by atoms with Crippen molar-refractivity contribution in [2.75, 3.05) is 20.6 Å². The van der Waals surface area contributed by atoms with Gasteiger partial charge in [-0.15, -0.1) is 0 Å². The first-order valence-electron chi connectivity index (χ1n) is 6.39. The molecule has 18 heavy (non-hydrogen) atoms. The molecule has 1 unspecified atom stereocenters. The Labute approximate surface area is 109 Å². The number of likely N-dealkylation sites (N-methyl/N-ethyl adjacent to an activating group) is 2. The van der Waals surface area contributed by atoms with Gasteiger partial charge in [0.15, 0.2) is 0 Å². The molecule has 0 saturated carbocycles. The Morgan fingerprint density at radius 3 is 2.06 bits per heavy atom. The van der Waals surface area contributed by atoms with E-state index in [1.165, 1.54) is 11.1 Å². The van der Waals surface area contributed by atoms with Crippen LogP contribution in [0.15, 0.2) is 24.3 Å². The molecule has 1 atom stereocenters. The van der Waals surface area contributed by atoms with Gasteiger partial charge in [0.2, 0.25) is 0 Å². The molecule has 0 radical (unpaired) electrons. The molecule has 1 aromatic carbocycles. The number of hydrogen-bond acceptors (Lipinski definition) is 1. The van der Waals surface area contributed by atoms with E-state index in [4.69, 9.17) is 0 Å². The summed E-state index contributed by atoms with van der Waals surface area (Å²) in [5.41, 5.74) is 2.71. The van der Waals surface area contributed by atoms with Crippen LogP contribution in [0.3, 0.4) is 0 Å². The fraction of sp³-hybridized carbons (Fsp3) is 0.533. The van der Waals surface area contributed by atoms with Crippen molar-refractivity contribution in [1.82, 2.24) is 9.80 Å². The lowest BCUT2D eigenvalue weighted by atomic mass is 9.86. The molecule has 0 bridgehead atoms. The van der Waals surface area contributed by atoms with Crippen LogP contribution in [0.5, 0.6) is 0 Å².